The fraction of sp³-hybridized carbons (Fsp3) is 0.500. The minimum atomic E-state index is 0.546. The molecule has 132 valence electrons. The van der Waals surface area contributed by atoms with Crippen molar-refractivity contribution in [2.24, 2.45) is 5.92 Å². The first-order valence-electron chi connectivity index (χ1n) is 9.51. The highest BCUT2D eigenvalue weighted by atomic mass is 15.4. The lowest BCUT2D eigenvalue weighted by molar-refractivity contribution is 0.315. The van der Waals surface area contributed by atoms with Crippen LogP contribution in [0.2, 0.25) is 0 Å². The minimum Gasteiger partial charge on any atom is -0.367 e. The Morgan fingerprint density at radius 3 is 2.72 bits per heavy atom. The summed E-state index contributed by atoms with van der Waals surface area (Å²) in [4.78, 5) is 8.70. The Balaban J connectivity index is 1.22. The fourth-order valence-corrected chi connectivity index (χ4v) is 4.06. The van der Waals surface area contributed by atoms with Crippen molar-refractivity contribution in [1.82, 2.24) is 15.4 Å². The molecule has 2 aliphatic rings. The van der Waals surface area contributed by atoms with Gasteiger partial charge in [-0.05, 0) is 50.0 Å². The lowest BCUT2D eigenvalue weighted by atomic mass is 9.83. The summed E-state index contributed by atoms with van der Waals surface area (Å²) in [6, 6.07) is 11.4. The standard InChI is InChI=1S/C20H27N5/c1-2-5-15(6-3-1)7-4-8-16-9-11-17(12-10-16)24-19-18-13-23-25-20(18)22-14-21-19/h1-3,5-6,14,16-17,23H,4,7-13H2,(H2,21,22,24,25). The van der Waals surface area contributed by atoms with Crippen LogP contribution in [0.1, 0.15) is 49.7 Å². The molecule has 0 saturated heterocycles. The lowest BCUT2D eigenvalue weighted by Gasteiger charge is -2.29. The van der Waals surface area contributed by atoms with Gasteiger partial charge in [-0.25, -0.2) is 15.4 Å². The molecule has 3 N–H and O–H groups in total. The van der Waals surface area contributed by atoms with Crippen molar-refractivity contribution in [3.05, 3.63) is 47.8 Å². The van der Waals surface area contributed by atoms with Gasteiger partial charge in [0.05, 0.1) is 5.56 Å². The predicted octanol–water partition coefficient (Wildman–Crippen LogP) is 3.90. The van der Waals surface area contributed by atoms with Crippen molar-refractivity contribution in [3.8, 4) is 0 Å². The van der Waals surface area contributed by atoms with Gasteiger partial charge in [-0.1, -0.05) is 36.8 Å². The number of hydrogen-bond donors (Lipinski definition) is 3. The first-order chi connectivity index (χ1) is 12.4. The molecule has 2 heterocycles. The smallest absolute Gasteiger partial charge is 0.150 e. The molecule has 1 saturated carbocycles. The molecule has 1 aromatic heterocycles. The zero-order chi connectivity index (χ0) is 16.9. The van der Waals surface area contributed by atoms with Crippen LogP contribution in [-0.2, 0) is 13.0 Å². The molecule has 25 heavy (non-hydrogen) atoms. The zero-order valence-corrected chi connectivity index (χ0v) is 14.7. The molecule has 2 aromatic rings. The number of nitrogens with one attached hydrogen (secondary N) is 3. The van der Waals surface area contributed by atoms with Crippen LogP contribution in [0.4, 0.5) is 11.6 Å². The summed E-state index contributed by atoms with van der Waals surface area (Å²) in [5.74, 6) is 2.79. The van der Waals surface area contributed by atoms with E-state index < -0.39 is 0 Å². The van der Waals surface area contributed by atoms with E-state index in [-0.39, 0.29) is 0 Å². The van der Waals surface area contributed by atoms with E-state index in [1.165, 1.54) is 50.5 Å². The molecule has 4 rings (SSSR count). The number of anilines is 2. The van der Waals surface area contributed by atoms with Crippen LogP contribution < -0.4 is 16.2 Å². The second-order valence-electron chi connectivity index (χ2n) is 7.27. The first-order valence-corrected chi connectivity index (χ1v) is 9.51. The number of aryl methyl sites for hydroxylation is 1. The Hall–Kier alpha value is -2.14. The van der Waals surface area contributed by atoms with Crippen molar-refractivity contribution in [2.45, 2.75) is 57.5 Å². The summed E-state index contributed by atoms with van der Waals surface area (Å²) in [6.07, 6.45) is 10.7. The number of benzene rings is 1. The molecule has 5 nitrogen and oxygen atoms in total. The van der Waals surface area contributed by atoms with Crippen LogP contribution in [0.25, 0.3) is 0 Å². The SMILES string of the molecule is c1ccc(CCCC2CCC(Nc3ncnc4c3CNN4)CC2)cc1. The first kappa shape index (κ1) is 16.3. The Morgan fingerprint density at radius 1 is 1.04 bits per heavy atom. The molecule has 0 amide bonds. The normalized spacial score (nSPS) is 22.2. The number of hydrazine groups is 1. The molecule has 1 aliphatic heterocycles. The monoisotopic (exact) mass is 337 g/mol. The minimum absolute atomic E-state index is 0.546. The van der Waals surface area contributed by atoms with Gasteiger partial charge in [0.15, 0.2) is 0 Å². The molecule has 5 heteroatoms. The van der Waals surface area contributed by atoms with E-state index in [0.29, 0.717) is 6.04 Å². The van der Waals surface area contributed by atoms with E-state index in [1.807, 2.05) is 0 Å². The fourth-order valence-electron chi connectivity index (χ4n) is 4.06. The van der Waals surface area contributed by atoms with Gasteiger partial charge >= 0.3 is 0 Å². The molecular weight excluding hydrogens is 310 g/mol. The Kier molecular flexibility index (Phi) is 5.11. The number of nitrogens with zero attached hydrogens (tertiary/aromatic N) is 2. The van der Waals surface area contributed by atoms with Crippen LogP contribution in [0.5, 0.6) is 0 Å². The molecular formula is C20H27N5. The molecule has 0 unspecified atom stereocenters. The van der Waals surface area contributed by atoms with Crippen LogP contribution in [-0.4, -0.2) is 16.0 Å². The van der Waals surface area contributed by atoms with Gasteiger partial charge < -0.3 is 10.7 Å². The summed E-state index contributed by atoms with van der Waals surface area (Å²) in [5.41, 5.74) is 8.83. The van der Waals surface area contributed by atoms with Crippen molar-refractivity contribution in [2.75, 3.05) is 10.7 Å². The van der Waals surface area contributed by atoms with Gasteiger partial charge in [0.2, 0.25) is 0 Å². The predicted molar refractivity (Wildman–Crippen MR) is 101 cm³/mol. The quantitative estimate of drug-likeness (QED) is 0.746. The van der Waals surface area contributed by atoms with E-state index in [9.17, 15) is 0 Å². The average molecular weight is 337 g/mol. The number of fused-ring (bicyclic) bond motifs is 1. The van der Waals surface area contributed by atoms with Gasteiger partial charge in [0.25, 0.3) is 0 Å². The zero-order valence-electron chi connectivity index (χ0n) is 14.7. The molecule has 0 spiro atoms. The number of aromatic nitrogens is 2. The van der Waals surface area contributed by atoms with E-state index in [0.717, 1.165) is 29.7 Å². The van der Waals surface area contributed by atoms with E-state index in [4.69, 9.17) is 0 Å². The van der Waals surface area contributed by atoms with Gasteiger partial charge in [-0.2, -0.15) is 0 Å². The molecule has 0 atom stereocenters. The summed E-state index contributed by atoms with van der Waals surface area (Å²) in [6.45, 7) is 0.785. The molecule has 0 bridgehead atoms. The van der Waals surface area contributed by atoms with E-state index in [1.54, 1.807) is 6.33 Å². The molecule has 1 aliphatic carbocycles. The topological polar surface area (TPSA) is 61.9 Å². The summed E-state index contributed by atoms with van der Waals surface area (Å²) < 4.78 is 0. The highest BCUT2D eigenvalue weighted by Crippen LogP contribution is 2.31. The third kappa shape index (κ3) is 4.10. The molecule has 0 radical (unpaired) electrons. The maximum absolute atomic E-state index is 4.44. The molecule has 1 aromatic carbocycles. The number of rotatable bonds is 6. The van der Waals surface area contributed by atoms with E-state index >= 15 is 0 Å². The largest absolute Gasteiger partial charge is 0.367 e. The van der Waals surface area contributed by atoms with Crippen LogP contribution in [0, 0.1) is 5.92 Å². The van der Waals surface area contributed by atoms with Gasteiger partial charge in [0.1, 0.15) is 18.0 Å². The maximum atomic E-state index is 4.44. The Morgan fingerprint density at radius 2 is 1.88 bits per heavy atom. The third-order valence-corrected chi connectivity index (χ3v) is 5.53. The Labute approximate surface area is 149 Å². The van der Waals surface area contributed by atoms with E-state index in [2.05, 4.69) is 56.5 Å². The molecule has 1 fully saturated rings. The summed E-state index contributed by atoms with van der Waals surface area (Å²) in [5, 5.41) is 3.65. The van der Waals surface area contributed by atoms with Crippen LogP contribution >= 0.6 is 0 Å². The Bertz CT molecular complexity index is 680. The lowest BCUT2D eigenvalue weighted by Crippen LogP contribution is -2.27. The van der Waals surface area contributed by atoms with Crippen molar-refractivity contribution < 1.29 is 0 Å². The summed E-state index contributed by atoms with van der Waals surface area (Å²) in [7, 11) is 0. The number of hydrogen-bond acceptors (Lipinski definition) is 5. The highest BCUT2D eigenvalue weighted by molar-refractivity contribution is 5.59. The second-order valence-corrected chi connectivity index (χ2v) is 7.27. The summed E-state index contributed by atoms with van der Waals surface area (Å²) >= 11 is 0. The van der Waals surface area contributed by atoms with Gasteiger partial charge in [-0.3, -0.25) is 0 Å². The highest BCUT2D eigenvalue weighted by Gasteiger charge is 2.23. The van der Waals surface area contributed by atoms with Gasteiger partial charge in [0, 0.05) is 12.6 Å². The van der Waals surface area contributed by atoms with Crippen molar-refractivity contribution in [3.63, 3.8) is 0 Å². The average Bonchev–Trinajstić information content (AvgIpc) is 3.14. The van der Waals surface area contributed by atoms with Crippen LogP contribution in [0.15, 0.2) is 36.7 Å². The second kappa shape index (κ2) is 7.83. The van der Waals surface area contributed by atoms with Gasteiger partial charge in [-0.15, -0.1) is 0 Å². The van der Waals surface area contributed by atoms with Crippen molar-refractivity contribution in [1.29, 1.82) is 0 Å². The van der Waals surface area contributed by atoms with Crippen LogP contribution in [0.3, 0.4) is 0 Å². The third-order valence-electron chi connectivity index (χ3n) is 5.53. The van der Waals surface area contributed by atoms with Crippen molar-refractivity contribution >= 4 is 11.6 Å². The maximum Gasteiger partial charge on any atom is 0.150 e.